The minimum atomic E-state index is -1.82. The molecule has 1 radical (unpaired) electrons. The molecule has 0 amide bonds. The Morgan fingerprint density at radius 1 is 0.750 bits per heavy atom. The number of rotatable bonds is 0. The number of carboxylic acid groups (broad SMARTS) is 4. The fourth-order valence-electron chi connectivity index (χ4n) is 0. The molecule has 0 saturated carbocycles. The molecule has 10 nitrogen and oxygen atoms in total. The molecule has 0 rings (SSSR count). The van der Waals surface area contributed by atoms with Gasteiger partial charge < -0.3 is 30.5 Å². The average molecular weight is 231 g/mol. The Kier molecular flexibility index (Phi) is 23.8. The molecular weight excluding hydrogens is 226 g/mol. The molecule has 0 aromatic rings. The van der Waals surface area contributed by atoms with E-state index in [4.69, 9.17) is 49.7 Å². The Morgan fingerprint density at radius 2 is 0.812 bits per heavy atom. The van der Waals surface area contributed by atoms with E-state index in [0.29, 0.717) is 0 Å². The predicted octanol–water partition coefficient (Wildman–Crippen LogP) is -6.81. The van der Waals surface area contributed by atoms with E-state index in [1.165, 1.54) is 0 Å². The molecule has 0 heterocycles. The number of carboxylic acids is 4. The molecule has 0 aliphatic heterocycles. The largest absolute Gasteiger partial charge is 1.00 e. The van der Waals surface area contributed by atoms with Gasteiger partial charge in [0.1, 0.15) is 0 Å². The first-order valence-electron chi connectivity index (χ1n) is 2.70. The van der Waals surface area contributed by atoms with Crippen molar-refractivity contribution in [3.8, 4) is 0 Å². The molecule has 0 bridgehead atoms. The standard InChI is InChI=1S/2C2H2O4.BHO2.Li/c2*3-1(4)2(5)6;2-1-3;/h2*(H,3,4)(H,5,6);2H;/q;;-1;+1. The molecule has 0 aliphatic rings. The topological polar surface area (TPSA) is 192 Å². The summed E-state index contributed by atoms with van der Waals surface area (Å²) in [6.07, 6.45) is 0. The van der Waals surface area contributed by atoms with Crippen LogP contribution in [0.4, 0.5) is 0 Å². The van der Waals surface area contributed by atoms with E-state index in [-0.39, 0.29) is 26.5 Å². The van der Waals surface area contributed by atoms with Gasteiger partial charge >= 0.3 is 42.7 Å². The molecule has 0 unspecified atom stereocenters. The van der Waals surface area contributed by atoms with Crippen molar-refractivity contribution in [2.24, 2.45) is 0 Å². The normalized spacial score (nSPS) is 6.38. The molecule has 0 aromatic carbocycles. The van der Waals surface area contributed by atoms with Crippen molar-refractivity contribution >= 4 is 31.6 Å². The molecule has 5 N–H and O–H groups in total. The molecular formula is C4H5BLiO10. The van der Waals surface area contributed by atoms with E-state index in [1.807, 2.05) is 0 Å². The molecule has 0 spiro atoms. The van der Waals surface area contributed by atoms with Crippen molar-refractivity contribution in [3.05, 3.63) is 0 Å². The van der Waals surface area contributed by atoms with E-state index in [9.17, 15) is 0 Å². The molecule has 0 atom stereocenters. The van der Waals surface area contributed by atoms with Crippen LogP contribution in [0, 0.1) is 0 Å². The van der Waals surface area contributed by atoms with Crippen LogP contribution in [0.1, 0.15) is 0 Å². The Labute approximate surface area is 101 Å². The van der Waals surface area contributed by atoms with Crippen LogP contribution in [-0.2, 0) is 19.2 Å². The van der Waals surface area contributed by atoms with Gasteiger partial charge in [-0.2, -0.15) is 0 Å². The molecule has 0 fully saturated rings. The SMILES string of the molecule is O=C(O)C(=O)O.O=C(O)C(=O)O.[Li+].[O-][B]O. The maximum atomic E-state index is 9.10. The maximum Gasteiger partial charge on any atom is 1.00 e. The first kappa shape index (κ1) is 23.9. The summed E-state index contributed by atoms with van der Waals surface area (Å²) < 4.78 is 0. The first-order chi connectivity index (χ1) is 6.70. The zero-order valence-corrected chi connectivity index (χ0v) is 7.85. The summed E-state index contributed by atoms with van der Waals surface area (Å²) in [5, 5.41) is 44.8. The monoisotopic (exact) mass is 231 g/mol. The second-order valence-corrected chi connectivity index (χ2v) is 1.33. The minimum absolute atomic E-state index is 0. The van der Waals surface area contributed by atoms with E-state index in [1.54, 1.807) is 0 Å². The van der Waals surface area contributed by atoms with Crippen molar-refractivity contribution in [1.82, 2.24) is 0 Å². The smallest absolute Gasteiger partial charge is 0.861 e. The van der Waals surface area contributed by atoms with Crippen LogP contribution in [-0.4, -0.2) is 57.0 Å². The van der Waals surface area contributed by atoms with Crippen LogP contribution < -0.4 is 23.9 Å². The molecule has 0 saturated heterocycles. The summed E-state index contributed by atoms with van der Waals surface area (Å²) in [6.45, 7) is 0. The van der Waals surface area contributed by atoms with Gasteiger partial charge in [-0.3, -0.25) is 0 Å². The van der Waals surface area contributed by atoms with E-state index in [2.05, 4.69) is 0 Å². The molecule has 12 heteroatoms. The summed E-state index contributed by atoms with van der Waals surface area (Å²) in [4.78, 5) is 36.4. The van der Waals surface area contributed by atoms with Gasteiger partial charge in [-0.05, 0) is 0 Å². The van der Waals surface area contributed by atoms with E-state index < -0.39 is 23.9 Å². The second-order valence-electron chi connectivity index (χ2n) is 1.33. The van der Waals surface area contributed by atoms with Gasteiger partial charge in [-0.15, -0.1) is 0 Å². The number of carbonyl (C=O) groups is 4. The second kappa shape index (κ2) is 15.9. The average Bonchev–Trinajstić information content (AvgIpc) is 2.06. The van der Waals surface area contributed by atoms with Crippen LogP contribution in [0.5, 0.6) is 0 Å². The van der Waals surface area contributed by atoms with Crippen molar-refractivity contribution < 1.29 is 68.5 Å². The van der Waals surface area contributed by atoms with Crippen molar-refractivity contribution in [2.45, 2.75) is 0 Å². The van der Waals surface area contributed by atoms with Crippen molar-refractivity contribution in [3.63, 3.8) is 0 Å². The summed E-state index contributed by atoms with van der Waals surface area (Å²) in [6, 6.07) is 0. The van der Waals surface area contributed by atoms with Gasteiger partial charge in [0.15, 0.2) is 7.69 Å². The minimum Gasteiger partial charge on any atom is -0.861 e. The van der Waals surface area contributed by atoms with Gasteiger partial charge in [0, 0.05) is 0 Å². The van der Waals surface area contributed by atoms with Crippen LogP contribution in [0.15, 0.2) is 0 Å². The number of aliphatic carboxylic acids is 4. The van der Waals surface area contributed by atoms with Gasteiger partial charge in [-0.25, -0.2) is 19.2 Å². The summed E-state index contributed by atoms with van der Waals surface area (Å²) in [5.74, 6) is -7.30. The zero-order valence-electron chi connectivity index (χ0n) is 7.85. The predicted molar refractivity (Wildman–Crippen MR) is 38.5 cm³/mol. The summed E-state index contributed by atoms with van der Waals surface area (Å²) in [5.41, 5.74) is 0. The van der Waals surface area contributed by atoms with Crippen molar-refractivity contribution in [2.75, 3.05) is 0 Å². The Hall–Kier alpha value is -1.54. The Morgan fingerprint density at radius 3 is 0.812 bits per heavy atom. The number of hydrogen-bond donors (Lipinski definition) is 5. The van der Waals surface area contributed by atoms with E-state index >= 15 is 0 Å². The summed E-state index contributed by atoms with van der Waals surface area (Å²) in [7, 11) is -0.250. The molecule has 0 aliphatic carbocycles. The molecule has 16 heavy (non-hydrogen) atoms. The third-order valence-electron chi connectivity index (χ3n) is 0.366. The Bertz CT molecular complexity index is 191. The van der Waals surface area contributed by atoms with Crippen LogP contribution >= 0.6 is 0 Å². The van der Waals surface area contributed by atoms with Crippen LogP contribution in [0.2, 0.25) is 0 Å². The van der Waals surface area contributed by atoms with Gasteiger partial charge in [0.05, 0.1) is 0 Å². The molecule has 0 aromatic heterocycles. The maximum absolute atomic E-state index is 9.10. The van der Waals surface area contributed by atoms with Crippen LogP contribution in [0.3, 0.4) is 0 Å². The zero-order chi connectivity index (χ0) is 13.0. The third kappa shape index (κ3) is 39.2. The quantitative estimate of drug-likeness (QED) is 0.197. The Balaban J connectivity index is -0.0000000692. The number of hydrogen-bond acceptors (Lipinski definition) is 6. The van der Waals surface area contributed by atoms with Gasteiger partial charge in [-0.1, -0.05) is 0 Å². The third-order valence-corrected chi connectivity index (χ3v) is 0.366. The van der Waals surface area contributed by atoms with Gasteiger partial charge in [0.25, 0.3) is 0 Å². The van der Waals surface area contributed by atoms with E-state index in [0.717, 1.165) is 0 Å². The van der Waals surface area contributed by atoms with Crippen molar-refractivity contribution in [1.29, 1.82) is 0 Å². The van der Waals surface area contributed by atoms with Gasteiger partial charge in [0.2, 0.25) is 0 Å². The fraction of sp³-hybridized carbons (Fsp3) is 0. The van der Waals surface area contributed by atoms with Crippen LogP contribution in [0.25, 0.3) is 0 Å². The fourth-order valence-corrected chi connectivity index (χ4v) is 0. The molecule has 85 valence electrons. The summed E-state index contributed by atoms with van der Waals surface area (Å²) >= 11 is 0. The first-order valence-corrected chi connectivity index (χ1v) is 2.70.